The Morgan fingerprint density at radius 3 is 2.31 bits per heavy atom. The van der Waals surface area contributed by atoms with Gasteiger partial charge in [-0.3, -0.25) is 4.90 Å². The topological polar surface area (TPSA) is 27.0 Å². The lowest BCUT2D eigenvalue weighted by molar-refractivity contribution is 0.0692. The van der Waals surface area contributed by atoms with Crippen molar-refractivity contribution < 1.29 is 0 Å². The van der Waals surface area contributed by atoms with E-state index in [9.17, 15) is 5.26 Å². The first-order chi connectivity index (χ1) is 7.80. The lowest BCUT2D eigenvalue weighted by atomic mass is 9.75. The van der Waals surface area contributed by atoms with Crippen LogP contribution in [0, 0.1) is 17.2 Å². The van der Waals surface area contributed by atoms with E-state index in [1.807, 2.05) is 0 Å². The molecule has 2 rings (SSSR count). The molecule has 0 aromatic carbocycles. The van der Waals surface area contributed by atoms with Crippen LogP contribution in [-0.4, -0.2) is 23.5 Å². The summed E-state index contributed by atoms with van der Waals surface area (Å²) in [4.78, 5) is 2.45. The number of nitriles is 1. The number of piperidine rings is 1. The molecule has 2 nitrogen and oxygen atoms in total. The van der Waals surface area contributed by atoms with Crippen molar-refractivity contribution in [1.29, 1.82) is 5.26 Å². The van der Waals surface area contributed by atoms with E-state index in [-0.39, 0.29) is 5.54 Å². The van der Waals surface area contributed by atoms with Crippen LogP contribution in [0.25, 0.3) is 0 Å². The van der Waals surface area contributed by atoms with Crippen LogP contribution in [0.15, 0.2) is 12.7 Å². The quantitative estimate of drug-likeness (QED) is 0.666. The van der Waals surface area contributed by atoms with Crippen LogP contribution >= 0.6 is 0 Å². The lowest BCUT2D eigenvalue weighted by Crippen LogP contribution is -2.51. The molecule has 1 heterocycles. The molecule has 16 heavy (non-hydrogen) atoms. The molecule has 0 bridgehead atoms. The number of hydrogen-bond donors (Lipinski definition) is 0. The Morgan fingerprint density at radius 2 is 1.81 bits per heavy atom. The Morgan fingerprint density at radius 1 is 1.19 bits per heavy atom. The molecule has 1 saturated carbocycles. The smallest absolute Gasteiger partial charge is 0.109 e. The minimum Gasteiger partial charge on any atom is -0.286 e. The van der Waals surface area contributed by atoms with Gasteiger partial charge in [0, 0.05) is 0 Å². The van der Waals surface area contributed by atoms with E-state index in [2.05, 4.69) is 23.6 Å². The van der Waals surface area contributed by atoms with E-state index >= 15 is 0 Å². The van der Waals surface area contributed by atoms with Crippen LogP contribution < -0.4 is 0 Å². The fraction of sp³-hybridized carbons (Fsp3) is 0.786. The van der Waals surface area contributed by atoms with Crippen LogP contribution in [-0.2, 0) is 0 Å². The third-order valence-electron chi connectivity index (χ3n) is 4.36. The van der Waals surface area contributed by atoms with Gasteiger partial charge in [0.05, 0.1) is 6.07 Å². The molecule has 0 aromatic heterocycles. The minimum atomic E-state index is -0.139. The van der Waals surface area contributed by atoms with Gasteiger partial charge in [0.25, 0.3) is 0 Å². The van der Waals surface area contributed by atoms with E-state index in [1.54, 1.807) is 0 Å². The van der Waals surface area contributed by atoms with Crippen molar-refractivity contribution in [1.82, 2.24) is 4.90 Å². The SMILES string of the molecule is C=CC1CCC(C#N)(N2CCCCC2)CC1. The highest BCUT2D eigenvalue weighted by molar-refractivity contribution is 5.11. The lowest BCUT2D eigenvalue weighted by Gasteiger charge is -2.44. The van der Waals surface area contributed by atoms with E-state index in [1.165, 1.54) is 19.3 Å². The predicted octanol–water partition coefficient (Wildman–Crippen LogP) is 3.11. The molecular weight excluding hydrogens is 196 g/mol. The summed E-state index contributed by atoms with van der Waals surface area (Å²) in [5.74, 6) is 0.645. The molecule has 0 spiro atoms. The summed E-state index contributed by atoms with van der Waals surface area (Å²) in [6, 6.07) is 2.62. The fourth-order valence-corrected chi connectivity index (χ4v) is 3.17. The van der Waals surface area contributed by atoms with Crippen LogP contribution in [0.5, 0.6) is 0 Å². The molecule has 1 saturated heterocycles. The predicted molar refractivity (Wildman–Crippen MR) is 65.9 cm³/mol. The van der Waals surface area contributed by atoms with Gasteiger partial charge in [-0.15, -0.1) is 6.58 Å². The Labute approximate surface area is 98.9 Å². The molecule has 2 fully saturated rings. The Hall–Kier alpha value is -0.810. The fourth-order valence-electron chi connectivity index (χ4n) is 3.17. The Balaban J connectivity index is 2.03. The van der Waals surface area contributed by atoms with Gasteiger partial charge in [0.1, 0.15) is 5.54 Å². The van der Waals surface area contributed by atoms with Gasteiger partial charge in [-0.2, -0.15) is 5.26 Å². The van der Waals surface area contributed by atoms with Crippen LogP contribution in [0.1, 0.15) is 44.9 Å². The van der Waals surface area contributed by atoms with Gasteiger partial charge in [-0.05, 0) is 57.5 Å². The zero-order valence-corrected chi connectivity index (χ0v) is 10.1. The molecule has 0 N–H and O–H groups in total. The summed E-state index contributed by atoms with van der Waals surface area (Å²) in [7, 11) is 0. The number of rotatable bonds is 2. The van der Waals surface area contributed by atoms with Gasteiger partial charge in [0.15, 0.2) is 0 Å². The zero-order chi connectivity index (χ0) is 11.4. The van der Waals surface area contributed by atoms with E-state index in [4.69, 9.17) is 0 Å². The van der Waals surface area contributed by atoms with Crippen molar-refractivity contribution in [2.45, 2.75) is 50.5 Å². The summed E-state index contributed by atoms with van der Waals surface area (Å²) < 4.78 is 0. The average molecular weight is 218 g/mol. The summed E-state index contributed by atoms with van der Waals surface area (Å²) in [6.45, 7) is 6.14. The van der Waals surface area contributed by atoms with E-state index < -0.39 is 0 Å². The largest absolute Gasteiger partial charge is 0.286 e. The second kappa shape index (κ2) is 5.01. The maximum atomic E-state index is 9.54. The number of nitrogens with zero attached hydrogens (tertiary/aromatic N) is 2. The van der Waals surface area contributed by atoms with E-state index in [0.29, 0.717) is 5.92 Å². The molecule has 0 aromatic rings. The molecule has 2 aliphatic rings. The maximum Gasteiger partial charge on any atom is 0.109 e. The number of allylic oxidation sites excluding steroid dienone is 1. The van der Waals surface area contributed by atoms with Gasteiger partial charge >= 0.3 is 0 Å². The van der Waals surface area contributed by atoms with Gasteiger partial charge in [-0.1, -0.05) is 12.5 Å². The Bertz CT molecular complexity index is 276. The molecule has 88 valence electrons. The molecule has 0 radical (unpaired) electrons. The van der Waals surface area contributed by atoms with Gasteiger partial charge in [-0.25, -0.2) is 0 Å². The average Bonchev–Trinajstić information content (AvgIpc) is 2.40. The van der Waals surface area contributed by atoms with Crippen molar-refractivity contribution in [3.8, 4) is 6.07 Å². The van der Waals surface area contributed by atoms with Crippen molar-refractivity contribution in [2.24, 2.45) is 5.92 Å². The van der Waals surface area contributed by atoms with Crippen LogP contribution in [0.3, 0.4) is 0 Å². The normalized spacial score (nSPS) is 36.6. The van der Waals surface area contributed by atoms with Crippen molar-refractivity contribution in [2.75, 3.05) is 13.1 Å². The first kappa shape index (κ1) is 11.7. The van der Waals surface area contributed by atoms with Gasteiger partial charge in [0.2, 0.25) is 0 Å². The minimum absolute atomic E-state index is 0.139. The highest BCUT2D eigenvalue weighted by Gasteiger charge is 2.40. The molecule has 0 amide bonds. The molecule has 0 atom stereocenters. The first-order valence-corrected chi connectivity index (χ1v) is 6.59. The molecule has 0 unspecified atom stereocenters. The molecule has 1 aliphatic carbocycles. The van der Waals surface area contributed by atoms with E-state index in [0.717, 1.165) is 38.8 Å². The highest BCUT2D eigenvalue weighted by Crippen LogP contribution is 2.37. The third-order valence-corrected chi connectivity index (χ3v) is 4.36. The number of hydrogen-bond acceptors (Lipinski definition) is 2. The summed E-state index contributed by atoms with van der Waals surface area (Å²) in [5, 5.41) is 9.54. The molecular formula is C14H22N2. The Kier molecular flexibility index (Phi) is 3.66. The number of likely N-dealkylation sites (tertiary alicyclic amines) is 1. The summed E-state index contributed by atoms with van der Waals surface area (Å²) >= 11 is 0. The molecule has 2 heteroatoms. The standard InChI is InChI=1S/C14H22N2/c1-2-13-6-8-14(12-15,9-7-13)16-10-4-3-5-11-16/h2,13H,1,3-11H2. The van der Waals surface area contributed by atoms with Crippen molar-refractivity contribution in [3.05, 3.63) is 12.7 Å². The van der Waals surface area contributed by atoms with Crippen LogP contribution in [0.2, 0.25) is 0 Å². The summed E-state index contributed by atoms with van der Waals surface area (Å²) in [6.07, 6.45) is 10.3. The second-order valence-electron chi connectivity index (χ2n) is 5.26. The third kappa shape index (κ3) is 2.15. The highest BCUT2D eigenvalue weighted by atomic mass is 15.2. The molecule has 1 aliphatic heterocycles. The maximum absolute atomic E-state index is 9.54. The van der Waals surface area contributed by atoms with Gasteiger partial charge < -0.3 is 0 Å². The van der Waals surface area contributed by atoms with Crippen molar-refractivity contribution in [3.63, 3.8) is 0 Å². The first-order valence-electron chi connectivity index (χ1n) is 6.59. The monoisotopic (exact) mass is 218 g/mol. The van der Waals surface area contributed by atoms with Crippen LogP contribution in [0.4, 0.5) is 0 Å². The zero-order valence-electron chi connectivity index (χ0n) is 10.1. The second-order valence-corrected chi connectivity index (χ2v) is 5.26. The summed E-state index contributed by atoms with van der Waals surface area (Å²) in [5.41, 5.74) is -0.139. The van der Waals surface area contributed by atoms with Crippen molar-refractivity contribution >= 4 is 0 Å².